The Morgan fingerprint density at radius 1 is 0.912 bits per heavy atom. The predicted molar refractivity (Wildman–Crippen MR) is 134 cm³/mol. The van der Waals surface area contributed by atoms with E-state index in [1.54, 1.807) is 17.0 Å². The van der Waals surface area contributed by atoms with Crippen molar-refractivity contribution in [2.45, 2.75) is 13.5 Å². The van der Waals surface area contributed by atoms with Crippen LogP contribution in [0, 0.1) is 6.92 Å². The third-order valence-electron chi connectivity index (χ3n) is 5.95. The van der Waals surface area contributed by atoms with Gasteiger partial charge in [0.05, 0.1) is 17.8 Å². The first-order chi connectivity index (χ1) is 16.5. The van der Waals surface area contributed by atoms with Gasteiger partial charge in [0, 0.05) is 16.1 Å². The Morgan fingerprint density at radius 2 is 1.62 bits per heavy atom. The topological polar surface area (TPSA) is 67.6 Å². The molecular formula is C26H17ClN4O2S. The molecule has 1 aliphatic heterocycles. The van der Waals surface area contributed by atoms with Gasteiger partial charge in [0.25, 0.3) is 11.5 Å². The zero-order valence-corrected chi connectivity index (χ0v) is 19.6. The van der Waals surface area contributed by atoms with Gasteiger partial charge in [0.1, 0.15) is 4.53 Å². The van der Waals surface area contributed by atoms with Crippen LogP contribution in [0.2, 0.25) is 5.02 Å². The molecule has 6 rings (SSSR count). The quantitative estimate of drug-likeness (QED) is 0.384. The summed E-state index contributed by atoms with van der Waals surface area (Å²) in [6, 6.07) is 22.7. The molecular weight excluding hydrogens is 468 g/mol. The van der Waals surface area contributed by atoms with Crippen LogP contribution in [0.1, 0.15) is 16.7 Å². The summed E-state index contributed by atoms with van der Waals surface area (Å²) in [5.41, 5.74) is 4.42. The van der Waals surface area contributed by atoms with Crippen molar-refractivity contribution in [1.82, 2.24) is 14.6 Å². The lowest BCUT2D eigenvalue weighted by Gasteiger charge is -2.17. The molecule has 3 heterocycles. The fourth-order valence-corrected chi connectivity index (χ4v) is 5.38. The summed E-state index contributed by atoms with van der Waals surface area (Å²) in [5.74, 6) is 0.289. The Kier molecular flexibility index (Phi) is 4.83. The van der Waals surface area contributed by atoms with Gasteiger partial charge in [-0.2, -0.15) is 9.50 Å². The van der Waals surface area contributed by atoms with Crippen molar-refractivity contribution in [3.63, 3.8) is 0 Å². The minimum atomic E-state index is -0.334. The van der Waals surface area contributed by atoms with Gasteiger partial charge in [0.2, 0.25) is 4.96 Å². The molecule has 6 nitrogen and oxygen atoms in total. The van der Waals surface area contributed by atoms with Crippen molar-refractivity contribution in [3.05, 3.63) is 109 Å². The zero-order chi connectivity index (χ0) is 23.4. The number of thiazole rings is 1. The van der Waals surface area contributed by atoms with Crippen LogP contribution in [0.15, 0.2) is 77.6 Å². The summed E-state index contributed by atoms with van der Waals surface area (Å²) in [6.45, 7) is 2.36. The number of halogens is 1. The fraction of sp³-hybridized carbons (Fsp3) is 0.0769. The fourth-order valence-electron chi connectivity index (χ4n) is 4.25. The number of para-hydroxylation sites is 1. The van der Waals surface area contributed by atoms with E-state index >= 15 is 0 Å². The summed E-state index contributed by atoms with van der Waals surface area (Å²) < 4.78 is 1.65. The Bertz CT molecular complexity index is 1710. The molecule has 0 radical (unpaired) electrons. The number of carbonyl (C=O) groups is 1. The first-order valence-corrected chi connectivity index (χ1v) is 11.9. The van der Waals surface area contributed by atoms with Crippen LogP contribution in [0.4, 0.5) is 5.69 Å². The molecule has 3 aromatic carbocycles. The molecule has 0 spiro atoms. The highest BCUT2D eigenvalue weighted by Gasteiger charge is 2.34. The van der Waals surface area contributed by atoms with E-state index in [0.29, 0.717) is 32.5 Å². The van der Waals surface area contributed by atoms with Gasteiger partial charge < -0.3 is 4.90 Å². The molecule has 5 aromatic rings. The molecule has 1 amide bonds. The van der Waals surface area contributed by atoms with E-state index in [2.05, 4.69) is 10.1 Å². The monoisotopic (exact) mass is 484 g/mol. The van der Waals surface area contributed by atoms with Gasteiger partial charge in [0.15, 0.2) is 5.82 Å². The number of nitrogens with zero attached hydrogens (tertiary/aromatic N) is 4. The van der Waals surface area contributed by atoms with Crippen molar-refractivity contribution in [2.75, 3.05) is 4.90 Å². The number of fused-ring (bicyclic) bond motifs is 2. The minimum Gasteiger partial charge on any atom is -0.303 e. The maximum absolute atomic E-state index is 13.6. The number of hydrogen-bond donors (Lipinski definition) is 0. The van der Waals surface area contributed by atoms with E-state index < -0.39 is 0 Å². The SMILES string of the molecule is Cc1ccccc1-c1nc2s/c(=C3\C(=O)N(Cc4ccc(Cl)cc4)c4ccccc43)c(=O)n2n1. The van der Waals surface area contributed by atoms with Crippen LogP contribution in [0.3, 0.4) is 0 Å². The van der Waals surface area contributed by atoms with Gasteiger partial charge in [-0.25, -0.2) is 0 Å². The second-order valence-electron chi connectivity index (χ2n) is 8.09. The molecule has 0 saturated carbocycles. The van der Waals surface area contributed by atoms with Crippen molar-refractivity contribution < 1.29 is 4.79 Å². The molecule has 0 N–H and O–H groups in total. The second-order valence-corrected chi connectivity index (χ2v) is 9.50. The number of benzene rings is 3. The van der Waals surface area contributed by atoms with E-state index in [9.17, 15) is 9.59 Å². The standard InChI is InChI=1S/C26H17ClN4O2S/c1-15-6-2-3-7-18(15)23-28-26-31(29-23)25(33)22(34-26)21-19-8-4-5-9-20(19)30(24(21)32)14-16-10-12-17(27)13-11-16/h2-13H,14H2,1H3/b22-21-. The van der Waals surface area contributed by atoms with Gasteiger partial charge in [-0.3, -0.25) is 9.59 Å². The molecule has 0 fully saturated rings. The van der Waals surface area contributed by atoms with E-state index in [4.69, 9.17) is 11.6 Å². The van der Waals surface area contributed by atoms with Crippen LogP contribution in [0.5, 0.6) is 0 Å². The van der Waals surface area contributed by atoms with Crippen LogP contribution in [0.25, 0.3) is 21.9 Å². The van der Waals surface area contributed by atoms with Crippen molar-refractivity contribution in [1.29, 1.82) is 0 Å². The average Bonchev–Trinajstić information content (AvgIpc) is 3.47. The molecule has 0 aliphatic carbocycles. The van der Waals surface area contributed by atoms with Crippen molar-refractivity contribution >= 4 is 45.1 Å². The van der Waals surface area contributed by atoms with E-state index in [1.165, 1.54) is 15.9 Å². The van der Waals surface area contributed by atoms with E-state index in [0.717, 1.165) is 27.9 Å². The number of carbonyl (C=O) groups excluding carboxylic acids is 1. The molecule has 34 heavy (non-hydrogen) atoms. The normalized spacial score (nSPS) is 14.8. The highest BCUT2D eigenvalue weighted by Crippen LogP contribution is 2.36. The molecule has 0 saturated heterocycles. The largest absolute Gasteiger partial charge is 0.303 e. The third-order valence-corrected chi connectivity index (χ3v) is 7.23. The molecule has 2 aromatic heterocycles. The number of anilines is 1. The third kappa shape index (κ3) is 3.24. The first kappa shape index (κ1) is 20.8. The average molecular weight is 485 g/mol. The van der Waals surface area contributed by atoms with E-state index in [-0.39, 0.29) is 11.5 Å². The molecule has 166 valence electrons. The zero-order valence-electron chi connectivity index (χ0n) is 18.0. The van der Waals surface area contributed by atoms with Crippen LogP contribution in [-0.4, -0.2) is 20.5 Å². The summed E-state index contributed by atoms with van der Waals surface area (Å²) in [5, 5.41) is 5.10. The van der Waals surface area contributed by atoms with Gasteiger partial charge in [-0.1, -0.05) is 77.5 Å². The summed E-state index contributed by atoms with van der Waals surface area (Å²) >= 11 is 7.21. The molecule has 0 bridgehead atoms. The van der Waals surface area contributed by atoms with Gasteiger partial charge >= 0.3 is 0 Å². The van der Waals surface area contributed by atoms with Crippen LogP contribution < -0.4 is 15.0 Å². The van der Waals surface area contributed by atoms with E-state index in [1.807, 2.05) is 67.6 Å². The number of amides is 1. The first-order valence-electron chi connectivity index (χ1n) is 10.7. The maximum atomic E-state index is 13.6. The summed E-state index contributed by atoms with van der Waals surface area (Å²) in [7, 11) is 0. The smallest absolute Gasteiger partial charge is 0.291 e. The molecule has 0 atom stereocenters. The minimum absolute atomic E-state index is 0.211. The second kappa shape index (κ2) is 7.90. The Morgan fingerprint density at radius 3 is 2.35 bits per heavy atom. The Balaban J connectivity index is 1.50. The van der Waals surface area contributed by atoms with Crippen LogP contribution in [-0.2, 0) is 11.3 Å². The lowest BCUT2D eigenvalue weighted by atomic mass is 10.1. The van der Waals surface area contributed by atoms with Crippen molar-refractivity contribution in [2.24, 2.45) is 0 Å². The highest BCUT2D eigenvalue weighted by molar-refractivity contribution is 7.15. The molecule has 0 unspecified atom stereocenters. The molecule has 1 aliphatic rings. The number of rotatable bonds is 3. The van der Waals surface area contributed by atoms with Gasteiger partial charge in [-0.15, -0.1) is 5.10 Å². The lowest BCUT2D eigenvalue weighted by molar-refractivity contribution is -0.113. The maximum Gasteiger partial charge on any atom is 0.291 e. The number of hydrogen-bond acceptors (Lipinski definition) is 5. The summed E-state index contributed by atoms with van der Waals surface area (Å²) in [6.07, 6.45) is 0. The highest BCUT2D eigenvalue weighted by atomic mass is 35.5. The lowest BCUT2D eigenvalue weighted by Crippen LogP contribution is -2.32. The van der Waals surface area contributed by atoms with Crippen LogP contribution >= 0.6 is 22.9 Å². The Hall–Kier alpha value is -3.81. The van der Waals surface area contributed by atoms with Crippen molar-refractivity contribution in [3.8, 4) is 11.4 Å². The number of aryl methyl sites for hydroxylation is 1. The van der Waals surface area contributed by atoms with Gasteiger partial charge in [-0.05, 0) is 36.2 Å². The number of aromatic nitrogens is 3. The predicted octanol–water partition coefficient (Wildman–Crippen LogP) is 4.24. The summed E-state index contributed by atoms with van der Waals surface area (Å²) in [4.78, 5) is 33.7. The Labute approximate surface area is 203 Å². The molecule has 8 heteroatoms.